The molecule has 0 aromatic heterocycles. The van der Waals surface area contributed by atoms with Gasteiger partial charge in [-0.3, -0.25) is 19.6 Å². The first-order valence-electron chi connectivity index (χ1n) is 9.39. The number of fused-ring (bicyclic) bond motifs is 1. The summed E-state index contributed by atoms with van der Waals surface area (Å²) in [6.45, 7) is 4.05. The van der Waals surface area contributed by atoms with Gasteiger partial charge in [0.05, 0.1) is 0 Å². The molecule has 0 aliphatic carbocycles. The molecule has 1 aliphatic rings. The first-order valence-corrected chi connectivity index (χ1v) is 9.39. The molecule has 3 N–H and O–H groups in total. The SMILES string of the molecule is CN(O)C(=O)CCCCCCC(=O)Nc1ccc2c(c1)C(C)(C)CC(=O)N2. The summed E-state index contributed by atoms with van der Waals surface area (Å²) in [6.07, 6.45) is 4.33. The molecule has 7 heteroatoms. The van der Waals surface area contributed by atoms with Gasteiger partial charge in [0.2, 0.25) is 17.7 Å². The Labute approximate surface area is 160 Å². The number of hydrogen-bond donors (Lipinski definition) is 3. The molecule has 0 fully saturated rings. The summed E-state index contributed by atoms with van der Waals surface area (Å²) in [6, 6.07) is 5.57. The second kappa shape index (κ2) is 8.99. The van der Waals surface area contributed by atoms with E-state index in [1.807, 2.05) is 26.0 Å². The van der Waals surface area contributed by atoms with Crippen LogP contribution >= 0.6 is 0 Å². The molecule has 1 heterocycles. The fourth-order valence-corrected chi connectivity index (χ4v) is 3.28. The van der Waals surface area contributed by atoms with Gasteiger partial charge in [-0.15, -0.1) is 0 Å². The molecule has 27 heavy (non-hydrogen) atoms. The van der Waals surface area contributed by atoms with Gasteiger partial charge in [0.15, 0.2) is 0 Å². The highest BCUT2D eigenvalue weighted by atomic mass is 16.5. The van der Waals surface area contributed by atoms with E-state index in [-0.39, 0.29) is 23.1 Å². The molecule has 1 aromatic carbocycles. The number of amides is 3. The van der Waals surface area contributed by atoms with Gasteiger partial charge in [0.1, 0.15) is 0 Å². The lowest BCUT2D eigenvalue weighted by Crippen LogP contribution is -2.32. The number of nitrogens with zero attached hydrogens (tertiary/aromatic N) is 1. The highest BCUT2D eigenvalue weighted by Gasteiger charge is 2.32. The van der Waals surface area contributed by atoms with Crippen molar-refractivity contribution in [2.45, 2.75) is 64.2 Å². The van der Waals surface area contributed by atoms with Gasteiger partial charge < -0.3 is 10.6 Å². The lowest BCUT2D eigenvalue weighted by atomic mass is 9.78. The normalized spacial score (nSPS) is 14.9. The Morgan fingerprint density at radius 1 is 1.19 bits per heavy atom. The van der Waals surface area contributed by atoms with Crippen molar-refractivity contribution in [2.24, 2.45) is 0 Å². The van der Waals surface area contributed by atoms with E-state index in [4.69, 9.17) is 5.21 Å². The van der Waals surface area contributed by atoms with Gasteiger partial charge in [0, 0.05) is 43.1 Å². The number of carbonyl (C=O) groups excluding carboxylic acids is 3. The summed E-state index contributed by atoms with van der Waals surface area (Å²) in [5.74, 6) is -0.324. The number of rotatable bonds is 8. The van der Waals surface area contributed by atoms with Crippen LogP contribution in [0, 0.1) is 0 Å². The van der Waals surface area contributed by atoms with Crippen molar-refractivity contribution in [1.29, 1.82) is 0 Å². The van der Waals surface area contributed by atoms with Crippen LogP contribution in [-0.2, 0) is 19.8 Å². The van der Waals surface area contributed by atoms with Crippen molar-refractivity contribution in [2.75, 3.05) is 17.7 Å². The zero-order valence-electron chi connectivity index (χ0n) is 16.3. The Morgan fingerprint density at radius 3 is 2.52 bits per heavy atom. The minimum absolute atomic E-state index is 0.0108. The summed E-state index contributed by atoms with van der Waals surface area (Å²) in [5, 5.41) is 15.4. The summed E-state index contributed by atoms with van der Waals surface area (Å²) < 4.78 is 0. The van der Waals surface area contributed by atoms with E-state index in [9.17, 15) is 14.4 Å². The highest BCUT2D eigenvalue weighted by molar-refractivity contribution is 5.97. The molecular formula is C20H29N3O4. The third-order valence-electron chi connectivity index (χ3n) is 4.81. The monoisotopic (exact) mass is 375 g/mol. The van der Waals surface area contributed by atoms with Gasteiger partial charge in [0.25, 0.3) is 0 Å². The predicted molar refractivity (Wildman–Crippen MR) is 104 cm³/mol. The largest absolute Gasteiger partial charge is 0.326 e. The second-order valence-corrected chi connectivity index (χ2v) is 7.75. The van der Waals surface area contributed by atoms with Crippen LogP contribution in [0.1, 0.15) is 64.4 Å². The fraction of sp³-hybridized carbons (Fsp3) is 0.550. The summed E-state index contributed by atoms with van der Waals surface area (Å²) in [4.78, 5) is 35.1. The maximum absolute atomic E-state index is 12.1. The zero-order chi connectivity index (χ0) is 20.0. The van der Waals surface area contributed by atoms with Crippen LogP contribution < -0.4 is 10.6 Å². The number of nitrogens with one attached hydrogen (secondary N) is 2. The summed E-state index contributed by atoms with van der Waals surface area (Å²) >= 11 is 0. The molecule has 7 nitrogen and oxygen atoms in total. The molecule has 0 atom stereocenters. The maximum atomic E-state index is 12.1. The lowest BCUT2D eigenvalue weighted by Gasteiger charge is -2.32. The average Bonchev–Trinajstić information content (AvgIpc) is 2.57. The van der Waals surface area contributed by atoms with E-state index in [1.165, 1.54) is 7.05 Å². The smallest absolute Gasteiger partial charge is 0.245 e. The van der Waals surface area contributed by atoms with Crippen LogP contribution in [0.2, 0.25) is 0 Å². The van der Waals surface area contributed by atoms with E-state index in [2.05, 4.69) is 10.6 Å². The van der Waals surface area contributed by atoms with Crippen molar-refractivity contribution in [3.8, 4) is 0 Å². The molecule has 1 aromatic rings. The molecule has 0 bridgehead atoms. The van der Waals surface area contributed by atoms with Crippen LogP contribution in [-0.4, -0.2) is 35.0 Å². The Kier molecular flexibility index (Phi) is 6.96. The van der Waals surface area contributed by atoms with Gasteiger partial charge >= 0.3 is 0 Å². The lowest BCUT2D eigenvalue weighted by molar-refractivity contribution is -0.159. The highest BCUT2D eigenvalue weighted by Crippen LogP contribution is 2.38. The summed E-state index contributed by atoms with van der Waals surface area (Å²) in [7, 11) is 1.32. The number of benzene rings is 1. The summed E-state index contributed by atoms with van der Waals surface area (Å²) in [5.41, 5.74) is 2.30. The fourth-order valence-electron chi connectivity index (χ4n) is 3.28. The minimum atomic E-state index is -0.292. The van der Waals surface area contributed by atoms with Crippen LogP contribution in [0.15, 0.2) is 18.2 Å². The molecule has 148 valence electrons. The van der Waals surface area contributed by atoms with Crippen LogP contribution in [0.25, 0.3) is 0 Å². The standard InChI is InChI=1S/C20H29N3O4/c1-20(2)13-18(25)22-16-11-10-14(12-15(16)20)21-17(24)8-6-4-5-7-9-19(26)23(3)27/h10-12,27H,4-9,13H2,1-3H3,(H,21,24)(H,22,25). The Balaban J connectivity index is 1.77. The molecular weight excluding hydrogens is 346 g/mol. The van der Waals surface area contributed by atoms with Gasteiger partial charge in [-0.05, 0) is 36.6 Å². The van der Waals surface area contributed by atoms with Crippen molar-refractivity contribution >= 4 is 29.1 Å². The van der Waals surface area contributed by atoms with Crippen LogP contribution in [0.5, 0.6) is 0 Å². The number of hydrogen-bond acceptors (Lipinski definition) is 4. The van der Waals surface area contributed by atoms with Crippen molar-refractivity contribution in [3.05, 3.63) is 23.8 Å². The van der Waals surface area contributed by atoms with Gasteiger partial charge in [-0.1, -0.05) is 26.7 Å². The van der Waals surface area contributed by atoms with Crippen LogP contribution in [0.3, 0.4) is 0 Å². The predicted octanol–water partition coefficient (Wildman–Crippen LogP) is 3.43. The maximum Gasteiger partial charge on any atom is 0.245 e. The Morgan fingerprint density at radius 2 is 1.85 bits per heavy atom. The van der Waals surface area contributed by atoms with E-state index in [0.717, 1.165) is 36.2 Å². The number of carbonyl (C=O) groups is 3. The number of hydroxylamine groups is 2. The van der Waals surface area contributed by atoms with Crippen molar-refractivity contribution < 1.29 is 19.6 Å². The van der Waals surface area contributed by atoms with E-state index < -0.39 is 0 Å². The van der Waals surface area contributed by atoms with E-state index in [1.54, 1.807) is 6.07 Å². The topological polar surface area (TPSA) is 98.7 Å². The molecule has 0 saturated heterocycles. The van der Waals surface area contributed by atoms with E-state index >= 15 is 0 Å². The zero-order valence-corrected chi connectivity index (χ0v) is 16.3. The first kappa shape index (κ1) is 20.9. The number of unbranched alkanes of at least 4 members (excludes halogenated alkanes) is 3. The minimum Gasteiger partial charge on any atom is -0.326 e. The molecule has 0 radical (unpaired) electrons. The Hall–Kier alpha value is -2.41. The molecule has 0 saturated carbocycles. The number of anilines is 2. The van der Waals surface area contributed by atoms with Crippen molar-refractivity contribution in [3.63, 3.8) is 0 Å². The van der Waals surface area contributed by atoms with Gasteiger partial charge in [-0.2, -0.15) is 0 Å². The third-order valence-corrected chi connectivity index (χ3v) is 4.81. The van der Waals surface area contributed by atoms with Crippen LogP contribution in [0.4, 0.5) is 11.4 Å². The Bertz CT molecular complexity index is 713. The molecule has 0 spiro atoms. The second-order valence-electron chi connectivity index (χ2n) is 7.75. The van der Waals surface area contributed by atoms with E-state index in [0.29, 0.717) is 30.7 Å². The van der Waals surface area contributed by atoms with Gasteiger partial charge in [-0.25, -0.2) is 5.06 Å². The molecule has 3 amide bonds. The molecule has 2 rings (SSSR count). The molecule has 0 unspecified atom stereocenters. The first-order chi connectivity index (χ1) is 12.7. The quantitative estimate of drug-likeness (QED) is 0.368. The average molecular weight is 375 g/mol. The molecule has 1 aliphatic heterocycles. The van der Waals surface area contributed by atoms with Crippen molar-refractivity contribution in [1.82, 2.24) is 5.06 Å². The third kappa shape index (κ3) is 6.06.